The molecular formula is C32H43F2N9O3S. The van der Waals surface area contributed by atoms with Crippen molar-refractivity contribution in [1.29, 1.82) is 0 Å². The number of halogens is 2. The lowest BCUT2D eigenvalue weighted by Crippen LogP contribution is -2.23. The summed E-state index contributed by atoms with van der Waals surface area (Å²) in [4.78, 5) is 30.3. The minimum atomic E-state index is -0.813. The number of benzene rings is 3. The van der Waals surface area contributed by atoms with Gasteiger partial charge < -0.3 is 48.9 Å². The summed E-state index contributed by atoms with van der Waals surface area (Å²) >= 11 is 1.32. The molecule has 3 amide bonds. The normalized spacial score (nSPS) is 10.6. The first-order chi connectivity index (χ1) is 22.7. The summed E-state index contributed by atoms with van der Waals surface area (Å²) in [7, 11) is 0. The smallest absolute Gasteiger partial charge is 0.323 e. The molecular weight excluding hydrogens is 628 g/mol. The van der Waals surface area contributed by atoms with E-state index in [1.54, 1.807) is 42.5 Å². The van der Waals surface area contributed by atoms with E-state index in [2.05, 4.69) is 26.3 Å². The number of ether oxygens (including phenoxy) is 1. The van der Waals surface area contributed by atoms with Gasteiger partial charge in [-0.25, -0.2) is 13.6 Å². The summed E-state index contributed by atoms with van der Waals surface area (Å²) in [6.07, 6.45) is 2.12. The van der Waals surface area contributed by atoms with Gasteiger partial charge in [-0.05, 0) is 73.3 Å². The molecule has 0 aliphatic heterocycles. The highest BCUT2D eigenvalue weighted by Crippen LogP contribution is 2.37. The molecule has 12 N–H and O–H groups in total. The Hall–Kier alpha value is -4.60. The van der Waals surface area contributed by atoms with Gasteiger partial charge in [-0.1, -0.05) is 6.07 Å². The van der Waals surface area contributed by atoms with Crippen molar-refractivity contribution in [2.24, 2.45) is 27.9 Å². The number of guanidine groups is 1. The Labute approximate surface area is 277 Å². The standard InChI is InChI=1S/C32H43F2N9O3S/c33-19-21-13-24(39-11-4-8-35)18-26(14-21)46-25-6-3-5-23(17-25)41-32(45)43-28-16-22(20-34)15-27(30(28)47-12-9-36)42-29(44)7-1-2-10-40-31(37)38/h3,5-6,13-18,39H,1-2,4,7-12,19-20,35-36H2,(H,42,44)(H4,37,38,40)(H2,41,43,45). The zero-order valence-corrected chi connectivity index (χ0v) is 26.9. The van der Waals surface area contributed by atoms with Crippen LogP contribution in [-0.4, -0.2) is 49.8 Å². The molecule has 0 radical (unpaired) electrons. The topological polar surface area (TPSA) is 208 Å². The quantitative estimate of drug-likeness (QED) is 0.0362. The van der Waals surface area contributed by atoms with Gasteiger partial charge >= 0.3 is 6.03 Å². The molecule has 3 aromatic carbocycles. The number of hydrogen-bond donors (Lipinski definition) is 8. The first-order valence-corrected chi connectivity index (χ1v) is 16.1. The van der Waals surface area contributed by atoms with Crippen molar-refractivity contribution in [3.63, 3.8) is 0 Å². The van der Waals surface area contributed by atoms with Gasteiger partial charge in [-0.2, -0.15) is 0 Å². The summed E-state index contributed by atoms with van der Waals surface area (Å²) in [6.45, 7) is 0.437. The average Bonchev–Trinajstić information content (AvgIpc) is 3.04. The third-order valence-corrected chi connectivity index (χ3v) is 7.62. The van der Waals surface area contributed by atoms with E-state index in [1.807, 2.05) is 0 Å². The lowest BCUT2D eigenvalue weighted by atomic mass is 10.1. The van der Waals surface area contributed by atoms with Crippen LogP contribution in [0.4, 0.5) is 36.3 Å². The van der Waals surface area contributed by atoms with E-state index in [9.17, 15) is 18.4 Å². The second-order valence-electron chi connectivity index (χ2n) is 10.4. The van der Waals surface area contributed by atoms with Crippen LogP contribution in [0.25, 0.3) is 0 Å². The Kier molecular flexibility index (Phi) is 15.5. The Balaban J connectivity index is 1.73. The summed E-state index contributed by atoms with van der Waals surface area (Å²) < 4.78 is 33.4. The maximum Gasteiger partial charge on any atom is 0.323 e. The highest BCUT2D eigenvalue weighted by atomic mass is 32.2. The van der Waals surface area contributed by atoms with Crippen LogP contribution in [0.5, 0.6) is 11.5 Å². The minimum absolute atomic E-state index is 0.00854. The summed E-state index contributed by atoms with van der Waals surface area (Å²) in [6, 6.07) is 14.2. The monoisotopic (exact) mass is 671 g/mol. The van der Waals surface area contributed by atoms with Gasteiger partial charge in [0.2, 0.25) is 5.91 Å². The number of nitrogens with one attached hydrogen (secondary N) is 4. The number of hydrogen-bond acceptors (Lipinski definition) is 8. The van der Waals surface area contributed by atoms with Crippen molar-refractivity contribution in [3.05, 3.63) is 65.7 Å². The number of amides is 3. The number of nitrogens with two attached hydrogens (primary N) is 4. The summed E-state index contributed by atoms with van der Waals surface area (Å²) in [5, 5.41) is 11.6. The number of urea groups is 1. The zero-order chi connectivity index (χ0) is 34.0. The molecule has 254 valence electrons. The second kappa shape index (κ2) is 19.8. The zero-order valence-electron chi connectivity index (χ0n) is 26.1. The number of rotatable bonds is 19. The van der Waals surface area contributed by atoms with E-state index in [0.29, 0.717) is 89.5 Å². The number of nitrogens with zero attached hydrogens (tertiary/aromatic N) is 1. The molecule has 12 nitrogen and oxygen atoms in total. The van der Waals surface area contributed by atoms with Crippen LogP contribution in [-0.2, 0) is 18.1 Å². The van der Waals surface area contributed by atoms with Crippen molar-refractivity contribution < 1.29 is 23.1 Å². The first-order valence-electron chi connectivity index (χ1n) is 15.1. The lowest BCUT2D eigenvalue weighted by Gasteiger charge is -2.18. The number of carbonyl (C=O) groups is 2. The van der Waals surface area contributed by atoms with Gasteiger partial charge in [0.25, 0.3) is 0 Å². The van der Waals surface area contributed by atoms with E-state index >= 15 is 0 Å². The van der Waals surface area contributed by atoms with Crippen molar-refractivity contribution in [2.75, 3.05) is 53.2 Å². The number of aliphatic imine (C=N–C) groups is 1. The molecule has 0 unspecified atom stereocenters. The molecule has 0 aliphatic carbocycles. The molecule has 0 aliphatic rings. The van der Waals surface area contributed by atoms with E-state index in [4.69, 9.17) is 27.7 Å². The average molecular weight is 672 g/mol. The molecule has 0 saturated heterocycles. The number of anilines is 4. The molecule has 3 rings (SSSR count). The molecule has 0 spiro atoms. The molecule has 0 bridgehead atoms. The predicted molar refractivity (Wildman–Crippen MR) is 187 cm³/mol. The first kappa shape index (κ1) is 36.9. The van der Waals surface area contributed by atoms with Crippen molar-refractivity contribution in [3.8, 4) is 11.5 Å². The van der Waals surface area contributed by atoms with Crippen molar-refractivity contribution in [2.45, 2.75) is 43.9 Å². The molecule has 15 heteroatoms. The summed E-state index contributed by atoms with van der Waals surface area (Å²) in [5.74, 6) is 1.03. The van der Waals surface area contributed by atoms with Crippen LogP contribution in [0.15, 0.2) is 64.5 Å². The molecule has 0 fully saturated rings. The summed E-state index contributed by atoms with van der Waals surface area (Å²) in [5.41, 5.74) is 24.5. The Morgan fingerprint density at radius 1 is 0.809 bits per heavy atom. The van der Waals surface area contributed by atoms with Gasteiger partial charge in [-0.3, -0.25) is 9.79 Å². The predicted octanol–water partition coefficient (Wildman–Crippen LogP) is 5.26. The maximum atomic E-state index is 13.9. The molecule has 47 heavy (non-hydrogen) atoms. The van der Waals surface area contributed by atoms with Crippen LogP contribution in [0.1, 0.15) is 36.8 Å². The highest BCUT2D eigenvalue weighted by Gasteiger charge is 2.17. The number of carbonyl (C=O) groups excluding carboxylic acids is 2. The van der Waals surface area contributed by atoms with Crippen LogP contribution in [0.3, 0.4) is 0 Å². The fourth-order valence-electron chi connectivity index (χ4n) is 4.38. The minimum Gasteiger partial charge on any atom is -0.457 e. The third kappa shape index (κ3) is 13.0. The van der Waals surface area contributed by atoms with Crippen LogP contribution in [0.2, 0.25) is 0 Å². The van der Waals surface area contributed by atoms with Gasteiger partial charge in [0.1, 0.15) is 24.8 Å². The van der Waals surface area contributed by atoms with E-state index in [1.165, 1.54) is 23.9 Å². The SMILES string of the molecule is NCCCNc1cc(CF)cc(Oc2cccc(NC(=O)Nc3cc(CF)cc(NC(=O)CCCCN=C(N)N)c3SCCN)c2)c1. The van der Waals surface area contributed by atoms with E-state index < -0.39 is 19.4 Å². The van der Waals surface area contributed by atoms with Crippen LogP contribution < -0.4 is 48.9 Å². The number of thioether (sulfide) groups is 1. The van der Waals surface area contributed by atoms with Crippen molar-refractivity contribution >= 4 is 52.4 Å². The number of alkyl halides is 2. The van der Waals surface area contributed by atoms with Crippen LogP contribution >= 0.6 is 11.8 Å². The van der Waals surface area contributed by atoms with E-state index in [0.717, 1.165) is 6.42 Å². The second-order valence-corrected chi connectivity index (χ2v) is 11.5. The fraction of sp³-hybridized carbons (Fsp3) is 0.344. The molecule has 3 aromatic rings. The largest absolute Gasteiger partial charge is 0.457 e. The van der Waals surface area contributed by atoms with Gasteiger partial charge in [0.05, 0.1) is 16.3 Å². The fourth-order valence-corrected chi connectivity index (χ4v) is 5.23. The van der Waals surface area contributed by atoms with Crippen molar-refractivity contribution in [1.82, 2.24) is 0 Å². The van der Waals surface area contributed by atoms with Crippen LogP contribution in [0, 0.1) is 0 Å². The van der Waals surface area contributed by atoms with Gasteiger partial charge in [-0.15, -0.1) is 11.8 Å². The molecule has 0 saturated carbocycles. The highest BCUT2D eigenvalue weighted by molar-refractivity contribution is 7.99. The molecule has 0 heterocycles. The molecule has 0 aromatic heterocycles. The maximum absolute atomic E-state index is 13.9. The van der Waals surface area contributed by atoms with E-state index in [-0.39, 0.29) is 23.9 Å². The number of unbranched alkanes of at least 4 members (excludes halogenated alkanes) is 1. The Morgan fingerprint density at radius 2 is 1.53 bits per heavy atom. The lowest BCUT2D eigenvalue weighted by molar-refractivity contribution is -0.116. The third-order valence-electron chi connectivity index (χ3n) is 6.45. The van der Waals surface area contributed by atoms with Gasteiger partial charge in [0, 0.05) is 55.3 Å². The Morgan fingerprint density at radius 3 is 2.23 bits per heavy atom. The van der Waals surface area contributed by atoms with Gasteiger partial charge in [0.15, 0.2) is 5.96 Å². The Bertz CT molecular complexity index is 1510. The molecule has 0 atom stereocenters.